The summed E-state index contributed by atoms with van der Waals surface area (Å²) >= 11 is 1.54. The maximum absolute atomic E-state index is 11.8. The molecule has 102 valence electrons. The largest absolute Gasteiger partial charge is 0.300 e. The van der Waals surface area contributed by atoms with Crippen molar-refractivity contribution in [3.8, 4) is 0 Å². The van der Waals surface area contributed by atoms with Crippen molar-refractivity contribution in [2.24, 2.45) is 0 Å². The first kappa shape index (κ1) is 14.3. The van der Waals surface area contributed by atoms with Crippen LogP contribution in [0.25, 0.3) is 11.0 Å². The van der Waals surface area contributed by atoms with E-state index in [1.54, 1.807) is 16.4 Å². The summed E-state index contributed by atoms with van der Waals surface area (Å²) in [5.74, 6) is 0. The van der Waals surface area contributed by atoms with E-state index in [0.717, 1.165) is 23.4 Å². The number of para-hydroxylation sites is 1. The van der Waals surface area contributed by atoms with Gasteiger partial charge in [0.05, 0.1) is 5.52 Å². The topological polar surface area (TPSA) is 47.8 Å². The predicted octanol–water partition coefficient (Wildman–Crippen LogP) is 2.98. The number of carbonyl (C=O) groups is 1. The molecule has 0 amide bonds. The standard InChI is InChI=1S/C13H19N3OSSi/c1-18-13(9-17,10-19(2,3)4)16-12-8-6-5-7-11(12)14-15-16/h5-9H,10H2,1-4H3. The summed E-state index contributed by atoms with van der Waals surface area (Å²) in [7, 11) is -1.42. The summed E-state index contributed by atoms with van der Waals surface area (Å²) in [5, 5.41) is 8.40. The number of hydrogen-bond donors (Lipinski definition) is 0. The van der Waals surface area contributed by atoms with E-state index in [1.807, 2.05) is 30.5 Å². The fourth-order valence-electron chi connectivity index (χ4n) is 2.28. The molecule has 0 spiro atoms. The van der Waals surface area contributed by atoms with Crippen LogP contribution in [-0.2, 0) is 9.67 Å². The fourth-order valence-corrected chi connectivity index (χ4v) is 6.31. The van der Waals surface area contributed by atoms with Crippen LogP contribution in [-0.4, -0.2) is 35.6 Å². The Labute approximate surface area is 118 Å². The zero-order chi connectivity index (χ0) is 14.1. The number of rotatable bonds is 5. The number of aldehydes is 1. The quantitative estimate of drug-likeness (QED) is 0.628. The maximum Gasteiger partial charge on any atom is 0.163 e. The molecule has 0 aliphatic rings. The van der Waals surface area contributed by atoms with Gasteiger partial charge in [-0.25, -0.2) is 4.68 Å². The second-order valence-corrected chi connectivity index (χ2v) is 12.5. The van der Waals surface area contributed by atoms with Gasteiger partial charge in [0.25, 0.3) is 0 Å². The first-order chi connectivity index (χ1) is 8.92. The number of benzene rings is 1. The lowest BCUT2D eigenvalue weighted by Crippen LogP contribution is -2.40. The molecule has 0 N–H and O–H groups in total. The average molecular weight is 293 g/mol. The highest BCUT2D eigenvalue weighted by atomic mass is 32.2. The smallest absolute Gasteiger partial charge is 0.163 e. The van der Waals surface area contributed by atoms with Gasteiger partial charge in [0.2, 0.25) is 0 Å². The van der Waals surface area contributed by atoms with Gasteiger partial charge in [0, 0.05) is 8.07 Å². The van der Waals surface area contributed by atoms with Crippen LogP contribution in [0.1, 0.15) is 0 Å². The molecule has 19 heavy (non-hydrogen) atoms. The third kappa shape index (κ3) is 2.74. The van der Waals surface area contributed by atoms with E-state index >= 15 is 0 Å². The van der Waals surface area contributed by atoms with Crippen LogP contribution < -0.4 is 0 Å². The van der Waals surface area contributed by atoms with Crippen molar-refractivity contribution in [3.63, 3.8) is 0 Å². The van der Waals surface area contributed by atoms with Gasteiger partial charge in [0.1, 0.15) is 5.52 Å². The number of thioether (sulfide) groups is 1. The highest BCUT2D eigenvalue weighted by molar-refractivity contribution is 8.00. The molecule has 4 nitrogen and oxygen atoms in total. The average Bonchev–Trinajstić information content (AvgIpc) is 2.79. The molecule has 1 aromatic carbocycles. The molecule has 0 aliphatic carbocycles. The van der Waals surface area contributed by atoms with Crippen LogP contribution in [0.5, 0.6) is 0 Å². The minimum absolute atomic E-state index is 0.638. The Balaban J connectivity index is 2.58. The highest BCUT2D eigenvalue weighted by Gasteiger charge is 2.38. The van der Waals surface area contributed by atoms with Crippen molar-refractivity contribution >= 4 is 37.2 Å². The second kappa shape index (κ2) is 5.09. The minimum atomic E-state index is -1.42. The molecule has 1 unspecified atom stereocenters. The minimum Gasteiger partial charge on any atom is -0.300 e. The molecule has 2 aromatic rings. The van der Waals surface area contributed by atoms with Crippen molar-refractivity contribution in [1.29, 1.82) is 0 Å². The second-order valence-electron chi connectivity index (χ2n) is 5.89. The van der Waals surface area contributed by atoms with Crippen molar-refractivity contribution in [2.75, 3.05) is 6.26 Å². The Morgan fingerprint density at radius 2 is 2.05 bits per heavy atom. The molecule has 2 rings (SSSR count). The van der Waals surface area contributed by atoms with Crippen LogP contribution in [0.3, 0.4) is 0 Å². The molecule has 1 heterocycles. The third-order valence-corrected chi connectivity index (χ3v) is 6.01. The van der Waals surface area contributed by atoms with E-state index in [-0.39, 0.29) is 0 Å². The molecule has 1 atom stereocenters. The summed E-state index contributed by atoms with van der Waals surface area (Å²) in [6.45, 7) is 6.79. The van der Waals surface area contributed by atoms with Crippen LogP contribution >= 0.6 is 11.8 Å². The number of hydrogen-bond acceptors (Lipinski definition) is 4. The molecule has 1 aromatic heterocycles. The molecular weight excluding hydrogens is 274 g/mol. The summed E-state index contributed by atoms with van der Waals surface area (Å²) in [6, 6.07) is 8.61. The van der Waals surface area contributed by atoms with Gasteiger partial charge < -0.3 is 0 Å². The molecule has 0 radical (unpaired) electrons. The van der Waals surface area contributed by atoms with Gasteiger partial charge in [-0.3, -0.25) is 4.79 Å². The van der Waals surface area contributed by atoms with E-state index in [2.05, 4.69) is 30.0 Å². The lowest BCUT2D eigenvalue weighted by molar-refractivity contribution is -0.111. The van der Waals surface area contributed by atoms with Crippen molar-refractivity contribution < 1.29 is 4.79 Å². The van der Waals surface area contributed by atoms with Crippen LogP contribution in [0.4, 0.5) is 0 Å². The van der Waals surface area contributed by atoms with Gasteiger partial charge in [-0.2, -0.15) is 0 Å². The number of aromatic nitrogens is 3. The van der Waals surface area contributed by atoms with Gasteiger partial charge in [0.15, 0.2) is 11.2 Å². The van der Waals surface area contributed by atoms with E-state index in [4.69, 9.17) is 0 Å². The van der Waals surface area contributed by atoms with Crippen LogP contribution in [0.15, 0.2) is 24.3 Å². The Kier molecular flexibility index (Phi) is 3.82. The monoisotopic (exact) mass is 293 g/mol. The lowest BCUT2D eigenvalue weighted by Gasteiger charge is -2.32. The summed E-state index contributed by atoms with van der Waals surface area (Å²) in [4.78, 5) is 11.2. The van der Waals surface area contributed by atoms with Crippen LogP contribution in [0.2, 0.25) is 25.7 Å². The number of carbonyl (C=O) groups excluding carboxylic acids is 1. The lowest BCUT2D eigenvalue weighted by atomic mass is 10.3. The molecule has 0 bridgehead atoms. The Morgan fingerprint density at radius 1 is 1.37 bits per heavy atom. The Hall–Kier alpha value is -1.14. The van der Waals surface area contributed by atoms with Gasteiger partial charge in [-0.1, -0.05) is 37.0 Å². The summed E-state index contributed by atoms with van der Waals surface area (Å²) < 4.78 is 1.79. The Morgan fingerprint density at radius 3 is 2.63 bits per heavy atom. The van der Waals surface area contributed by atoms with Crippen molar-refractivity contribution in [2.45, 2.75) is 30.6 Å². The zero-order valence-corrected chi connectivity index (χ0v) is 13.6. The maximum atomic E-state index is 11.8. The van der Waals surface area contributed by atoms with E-state index in [9.17, 15) is 4.79 Å². The van der Waals surface area contributed by atoms with Gasteiger partial charge >= 0.3 is 0 Å². The van der Waals surface area contributed by atoms with Gasteiger partial charge in [-0.15, -0.1) is 16.9 Å². The molecule has 6 heteroatoms. The highest BCUT2D eigenvalue weighted by Crippen LogP contribution is 2.37. The predicted molar refractivity (Wildman–Crippen MR) is 83.2 cm³/mol. The molecule has 0 fully saturated rings. The summed E-state index contributed by atoms with van der Waals surface area (Å²) in [5.41, 5.74) is 1.75. The first-order valence-electron chi connectivity index (χ1n) is 6.24. The van der Waals surface area contributed by atoms with Crippen molar-refractivity contribution in [3.05, 3.63) is 24.3 Å². The SMILES string of the molecule is CSC(C=O)(C[Si](C)(C)C)n1nnc2ccccc21. The van der Waals surface area contributed by atoms with Crippen LogP contribution in [0, 0.1) is 0 Å². The Bertz CT molecular complexity index is 593. The fraction of sp³-hybridized carbons (Fsp3) is 0.462. The van der Waals surface area contributed by atoms with Crippen molar-refractivity contribution in [1.82, 2.24) is 15.0 Å². The third-order valence-electron chi connectivity index (χ3n) is 3.03. The molecule has 0 aliphatic heterocycles. The zero-order valence-electron chi connectivity index (χ0n) is 11.8. The molecule has 0 saturated heterocycles. The van der Waals surface area contributed by atoms with E-state index < -0.39 is 12.9 Å². The summed E-state index contributed by atoms with van der Waals surface area (Å²) in [6.07, 6.45) is 2.99. The first-order valence-corrected chi connectivity index (χ1v) is 11.2. The normalized spacial score (nSPS) is 15.4. The number of nitrogens with zero attached hydrogens (tertiary/aromatic N) is 3. The number of fused-ring (bicyclic) bond motifs is 1. The molecule has 0 saturated carbocycles. The van der Waals surface area contributed by atoms with E-state index in [1.165, 1.54) is 0 Å². The van der Waals surface area contributed by atoms with E-state index in [0.29, 0.717) is 0 Å². The molecular formula is C13H19N3OSSi. The van der Waals surface area contributed by atoms with Gasteiger partial charge in [-0.05, 0) is 24.4 Å².